The smallest absolute Gasteiger partial charge is 0.128 e. The van der Waals surface area contributed by atoms with Gasteiger partial charge in [-0.15, -0.1) is 23.1 Å². The number of benzene rings is 1. The highest BCUT2D eigenvalue weighted by Crippen LogP contribution is 2.40. The Morgan fingerprint density at radius 3 is 3.16 bits per heavy atom. The fourth-order valence-corrected chi connectivity index (χ4v) is 5.85. The molecule has 0 N–H and O–H groups in total. The first-order valence-electron chi connectivity index (χ1n) is 8.47. The van der Waals surface area contributed by atoms with Crippen LogP contribution in [-0.2, 0) is 12.8 Å². The van der Waals surface area contributed by atoms with Gasteiger partial charge in [0.15, 0.2) is 0 Å². The molecule has 0 amide bonds. The molecule has 1 aliphatic rings. The van der Waals surface area contributed by atoms with E-state index in [0.29, 0.717) is 6.61 Å². The van der Waals surface area contributed by atoms with Crippen LogP contribution in [0.3, 0.4) is 0 Å². The normalized spacial score (nSPS) is 16.8. The van der Waals surface area contributed by atoms with Crippen LogP contribution >= 0.6 is 39.0 Å². The summed E-state index contributed by atoms with van der Waals surface area (Å²) in [5.41, 5.74) is 1.49. The summed E-state index contributed by atoms with van der Waals surface area (Å²) in [6.45, 7) is 3.00. The van der Waals surface area contributed by atoms with Crippen molar-refractivity contribution < 1.29 is 4.74 Å². The molecule has 0 radical (unpaired) electrons. The molecule has 130 valence electrons. The third kappa shape index (κ3) is 3.86. The fraction of sp³-hybridized carbons (Fsp3) is 0.368. The number of aromatic nitrogens is 2. The van der Waals surface area contributed by atoms with Crippen LogP contribution in [0, 0.1) is 5.92 Å². The zero-order valence-corrected chi connectivity index (χ0v) is 17.2. The van der Waals surface area contributed by atoms with Crippen LogP contribution in [0.15, 0.2) is 40.1 Å². The van der Waals surface area contributed by atoms with E-state index in [1.54, 1.807) is 18.1 Å². The van der Waals surface area contributed by atoms with Gasteiger partial charge in [0.25, 0.3) is 0 Å². The maximum atomic E-state index is 5.84. The Bertz CT molecular complexity index is 896. The van der Waals surface area contributed by atoms with Crippen molar-refractivity contribution in [3.8, 4) is 5.75 Å². The molecular formula is C19H19BrN2OS2. The molecule has 0 saturated heterocycles. The Balaban J connectivity index is 1.46. The summed E-state index contributed by atoms with van der Waals surface area (Å²) in [5.74, 6) is 2.55. The van der Waals surface area contributed by atoms with E-state index in [-0.39, 0.29) is 0 Å². The highest BCUT2D eigenvalue weighted by molar-refractivity contribution is 9.10. The number of aryl methyl sites for hydroxylation is 1. The lowest BCUT2D eigenvalue weighted by molar-refractivity contribution is 0.343. The van der Waals surface area contributed by atoms with Gasteiger partial charge in [-0.25, -0.2) is 9.97 Å². The lowest BCUT2D eigenvalue weighted by Gasteiger charge is -2.18. The van der Waals surface area contributed by atoms with Crippen LogP contribution in [-0.4, -0.2) is 22.3 Å². The lowest BCUT2D eigenvalue weighted by atomic mass is 9.89. The molecule has 3 aromatic rings. The lowest BCUT2D eigenvalue weighted by Crippen LogP contribution is -2.08. The highest BCUT2D eigenvalue weighted by atomic mass is 79.9. The number of hydrogen-bond donors (Lipinski definition) is 0. The van der Waals surface area contributed by atoms with Crippen LogP contribution in [0.25, 0.3) is 10.2 Å². The number of rotatable bonds is 5. The topological polar surface area (TPSA) is 35.0 Å². The summed E-state index contributed by atoms with van der Waals surface area (Å²) in [4.78, 5) is 11.7. The van der Waals surface area contributed by atoms with Crippen LogP contribution in [0.4, 0.5) is 0 Å². The second-order valence-electron chi connectivity index (χ2n) is 6.37. The van der Waals surface area contributed by atoms with Crippen molar-refractivity contribution in [1.82, 2.24) is 9.97 Å². The zero-order chi connectivity index (χ0) is 17.2. The molecular weight excluding hydrogens is 416 g/mol. The van der Waals surface area contributed by atoms with Gasteiger partial charge in [0, 0.05) is 20.5 Å². The monoisotopic (exact) mass is 434 g/mol. The Kier molecular flexibility index (Phi) is 5.29. The standard InChI is InChI=1S/C19H19BrN2OS2/c1-12-5-6-15-16(9-12)25-19-17(15)18(21-11-22-19)24-8-7-23-14-4-2-3-13(20)10-14/h2-4,10-12H,5-9H2,1H3/t12-/m1/s1. The summed E-state index contributed by atoms with van der Waals surface area (Å²) < 4.78 is 6.87. The van der Waals surface area contributed by atoms with E-state index in [0.717, 1.165) is 38.2 Å². The molecule has 3 nitrogen and oxygen atoms in total. The summed E-state index contributed by atoms with van der Waals surface area (Å²) in [6, 6.07) is 7.96. The van der Waals surface area contributed by atoms with E-state index in [1.807, 2.05) is 35.6 Å². The third-order valence-electron chi connectivity index (χ3n) is 4.44. The molecule has 0 spiro atoms. The maximum Gasteiger partial charge on any atom is 0.128 e. The van der Waals surface area contributed by atoms with Crippen LogP contribution in [0.5, 0.6) is 5.75 Å². The largest absolute Gasteiger partial charge is 0.493 e. The number of fused-ring (bicyclic) bond motifs is 3. The maximum absolute atomic E-state index is 5.84. The predicted molar refractivity (Wildman–Crippen MR) is 109 cm³/mol. The SMILES string of the molecule is C[C@@H]1CCc2c(sc3ncnc(SCCOc4cccc(Br)c4)c23)C1. The second kappa shape index (κ2) is 7.64. The van der Waals surface area contributed by atoms with Crippen LogP contribution in [0.1, 0.15) is 23.8 Å². The molecule has 4 rings (SSSR count). The molecule has 2 heterocycles. The van der Waals surface area contributed by atoms with E-state index in [2.05, 4.69) is 32.8 Å². The highest BCUT2D eigenvalue weighted by Gasteiger charge is 2.23. The molecule has 0 fully saturated rings. The first-order chi connectivity index (χ1) is 12.2. The summed E-state index contributed by atoms with van der Waals surface area (Å²) in [6.07, 6.45) is 5.31. The molecule has 1 atom stereocenters. The van der Waals surface area contributed by atoms with Gasteiger partial charge in [0.2, 0.25) is 0 Å². The van der Waals surface area contributed by atoms with Gasteiger partial charge < -0.3 is 4.74 Å². The third-order valence-corrected chi connectivity index (χ3v) is 7.05. The van der Waals surface area contributed by atoms with Crippen molar-refractivity contribution in [3.63, 3.8) is 0 Å². The number of hydrogen-bond acceptors (Lipinski definition) is 5. The first-order valence-corrected chi connectivity index (χ1v) is 11.1. The Hall–Kier alpha value is -1.11. The molecule has 1 aliphatic carbocycles. The summed E-state index contributed by atoms with van der Waals surface area (Å²) in [5, 5.41) is 2.40. The van der Waals surface area contributed by atoms with E-state index in [1.165, 1.54) is 28.7 Å². The van der Waals surface area contributed by atoms with E-state index in [4.69, 9.17) is 4.74 Å². The van der Waals surface area contributed by atoms with Gasteiger partial charge in [-0.3, -0.25) is 0 Å². The number of nitrogens with zero attached hydrogens (tertiary/aromatic N) is 2. The second-order valence-corrected chi connectivity index (χ2v) is 9.45. The van der Waals surface area contributed by atoms with Gasteiger partial charge in [0.1, 0.15) is 21.9 Å². The molecule has 0 saturated carbocycles. The molecule has 1 aromatic carbocycles. The first kappa shape index (κ1) is 17.3. The number of thioether (sulfide) groups is 1. The van der Waals surface area contributed by atoms with Crippen molar-refractivity contribution >= 4 is 49.2 Å². The van der Waals surface area contributed by atoms with E-state index in [9.17, 15) is 0 Å². The molecule has 0 aliphatic heterocycles. The van der Waals surface area contributed by atoms with Crippen molar-refractivity contribution in [2.45, 2.75) is 31.2 Å². The zero-order valence-electron chi connectivity index (χ0n) is 14.0. The minimum Gasteiger partial charge on any atom is -0.493 e. The minimum atomic E-state index is 0.663. The van der Waals surface area contributed by atoms with Crippen molar-refractivity contribution in [1.29, 1.82) is 0 Å². The summed E-state index contributed by atoms with van der Waals surface area (Å²) in [7, 11) is 0. The molecule has 2 aromatic heterocycles. The Labute approximate surface area is 164 Å². The van der Waals surface area contributed by atoms with Gasteiger partial charge >= 0.3 is 0 Å². The molecule has 0 bridgehead atoms. The van der Waals surface area contributed by atoms with Gasteiger partial charge in [-0.1, -0.05) is 28.9 Å². The Morgan fingerprint density at radius 1 is 1.36 bits per heavy atom. The van der Waals surface area contributed by atoms with Crippen LogP contribution in [0.2, 0.25) is 0 Å². The average Bonchev–Trinajstić information content (AvgIpc) is 2.97. The van der Waals surface area contributed by atoms with Crippen molar-refractivity contribution in [2.24, 2.45) is 5.92 Å². The molecule has 0 unspecified atom stereocenters. The molecule has 6 heteroatoms. The summed E-state index contributed by atoms with van der Waals surface area (Å²) >= 11 is 7.09. The van der Waals surface area contributed by atoms with Gasteiger partial charge in [0.05, 0.1) is 6.61 Å². The molecule has 25 heavy (non-hydrogen) atoms. The number of ether oxygens (including phenoxy) is 1. The van der Waals surface area contributed by atoms with E-state index >= 15 is 0 Å². The van der Waals surface area contributed by atoms with Gasteiger partial charge in [-0.2, -0.15) is 0 Å². The quantitative estimate of drug-likeness (QED) is 0.290. The fourth-order valence-electron chi connectivity index (χ4n) is 3.21. The van der Waals surface area contributed by atoms with Gasteiger partial charge in [-0.05, 0) is 48.9 Å². The predicted octanol–water partition coefficient (Wildman–Crippen LogP) is 5.75. The van der Waals surface area contributed by atoms with Crippen LogP contribution < -0.4 is 4.74 Å². The van der Waals surface area contributed by atoms with Crippen molar-refractivity contribution in [3.05, 3.63) is 45.5 Å². The van der Waals surface area contributed by atoms with E-state index < -0.39 is 0 Å². The average molecular weight is 435 g/mol. The minimum absolute atomic E-state index is 0.663. The number of thiophene rings is 1. The number of halogens is 1. The Morgan fingerprint density at radius 2 is 2.28 bits per heavy atom. The van der Waals surface area contributed by atoms with Crippen molar-refractivity contribution in [2.75, 3.05) is 12.4 Å².